The van der Waals surface area contributed by atoms with E-state index < -0.39 is 0 Å². The molecule has 3 rings (SSSR count). The Morgan fingerprint density at radius 3 is 2.67 bits per heavy atom. The van der Waals surface area contributed by atoms with E-state index in [0.717, 1.165) is 23.6 Å². The molecule has 0 unspecified atom stereocenters. The number of fused-ring (bicyclic) bond motifs is 1. The van der Waals surface area contributed by atoms with Crippen LogP contribution >= 0.6 is 12.2 Å². The number of nitrogens with two attached hydrogens (primary N) is 1. The molecule has 2 heterocycles. The summed E-state index contributed by atoms with van der Waals surface area (Å²) in [7, 11) is 0. The van der Waals surface area contributed by atoms with Crippen molar-refractivity contribution in [3.05, 3.63) is 42.2 Å². The molecule has 5 heteroatoms. The molecule has 0 saturated carbocycles. The summed E-state index contributed by atoms with van der Waals surface area (Å²) in [6, 6.07) is 9.75. The molecule has 1 saturated heterocycles. The predicted molar refractivity (Wildman–Crippen MR) is 87.2 cm³/mol. The van der Waals surface area contributed by atoms with Crippen molar-refractivity contribution in [1.29, 1.82) is 0 Å². The van der Waals surface area contributed by atoms with Gasteiger partial charge in [-0.05, 0) is 24.3 Å². The minimum Gasteiger partial charge on any atom is -0.393 e. The second-order valence-electron chi connectivity index (χ2n) is 5.35. The van der Waals surface area contributed by atoms with Crippen molar-refractivity contribution < 1.29 is 4.79 Å². The normalized spacial score (nSPS) is 16.1. The number of rotatable bonds is 2. The summed E-state index contributed by atoms with van der Waals surface area (Å²) >= 11 is 5.04. The topological polar surface area (TPSA) is 59.2 Å². The lowest BCUT2D eigenvalue weighted by atomic mass is 9.96. The molecule has 0 spiro atoms. The lowest BCUT2D eigenvalue weighted by Gasteiger charge is -2.31. The number of carbonyl (C=O) groups is 1. The average Bonchev–Trinajstić information content (AvgIpc) is 2.53. The highest BCUT2D eigenvalue weighted by Crippen LogP contribution is 2.22. The van der Waals surface area contributed by atoms with Crippen molar-refractivity contribution in [3.8, 4) is 0 Å². The molecule has 21 heavy (non-hydrogen) atoms. The van der Waals surface area contributed by atoms with Gasteiger partial charge < -0.3 is 10.6 Å². The highest BCUT2D eigenvalue weighted by atomic mass is 32.1. The average molecular weight is 299 g/mol. The van der Waals surface area contributed by atoms with Crippen LogP contribution < -0.4 is 5.73 Å². The first-order chi connectivity index (χ1) is 10.2. The number of hydrogen-bond acceptors (Lipinski definition) is 3. The summed E-state index contributed by atoms with van der Waals surface area (Å²) in [6.07, 6.45) is 3.37. The molecule has 0 atom stereocenters. The van der Waals surface area contributed by atoms with Gasteiger partial charge >= 0.3 is 0 Å². The number of amides is 1. The quantitative estimate of drug-likeness (QED) is 0.865. The van der Waals surface area contributed by atoms with Crippen molar-refractivity contribution in [1.82, 2.24) is 9.88 Å². The highest BCUT2D eigenvalue weighted by Gasteiger charge is 2.26. The van der Waals surface area contributed by atoms with Crippen LogP contribution in [0.1, 0.15) is 23.3 Å². The van der Waals surface area contributed by atoms with Crippen molar-refractivity contribution in [2.75, 3.05) is 13.1 Å². The zero-order chi connectivity index (χ0) is 14.8. The second kappa shape index (κ2) is 5.77. The molecular weight excluding hydrogens is 282 g/mol. The van der Waals surface area contributed by atoms with E-state index in [0.29, 0.717) is 23.8 Å². The van der Waals surface area contributed by atoms with Gasteiger partial charge in [0.2, 0.25) is 0 Å². The van der Waals surface area contributed by atoms with Crippen LogP contribution in [0, 0.1) is 5.92 Å². The van der Waals surface area contributed by atoms with Gasteiger partial charge in [0.15, 0.2) is 0 Å². The van der Waals surface area contributed by atoms with Gasteiger partial charge in [-0.25, -0.2) is 0 Å². The molecule has 1 fully saturated rings. The summed E-state index contributed by atoms with van der Waals surface area (Å²) < 4.78 is 0. The van der Waals surface area contributed by atoms with Gasteiger partial charge in [0.1, 0.15) is 5.69 Å². The van der Waals surface area contributed by atoms with Crippen LogP contribution in [0.25, 0.3) is 10.8 Å². The summed E-state index contributed by atoms with van der Waals surface area (Å²) in [5, 5.41) is 1.94. The van der Waals surface area contributed by atoms with Crippen molar-refractivity contribution in [2.45, 2.75) is 12.8 Å². The molecule has 4 nitrogen and oxygen atoms in total. The number of benzene rings is 1. The van der Waals surface area contributed by atoms with Crippen molar-refractivity contribution >= 4 is 33.9 Å². The first kappa shape index (κ1) is 13.9. The van der Waals surface area contributed by atoms with E-state index in [-0.39, 0.29) is 11.8 Å². The van der Waals surface area contributed by atoms with E-state index in [1.807, 2.05) is 35.2 Å². The molecule has 0 bridgehead atoms. The van der Waals surface area contributed by atoms with E-state index in [9.17, 15) is 4.79 Å². The SMILES string of the molecule is NC(=S)C1CCN(C(=O)c2nccc3ccccc23)CC1. The third-order valence-corrected chi connectivity index (χ3v) is 4.39. The number of hydrogen-bond donors (Lipinski definition) is 1. The van der Waals surface area contributed by atoms with E-state index in [4.69, 9.17) is 18.0 Å². The molecule has 2 N–H and O–H groups in total. The molecule has 0 radical (unpaired) electrons. The van der Waals surface area contributed by atoms with Crippen LogP contribution in [0.4, 0.5) is 0 Å². The molecule has 1 aliphatic heterocycles. The number of aromatic nitrogens is 1. The fourth-order valence-electron chi connectivity index (χ4n) is 2.81. The maximum absolute atomic E-state index is 12.7. The van der Waals surface area contributed by atoms with Crippen LogP contribution in [0.5, 0.6) is 0 Å². The second-order valence-corrected chi connectivity index (χ2v) is 5.82. The van der Waals surface area contributed by atoms with Gasteiger partial charge in [-0.1, -0.05) is 36.5 Å². The number of likely N-dealkylation sites (tertiary alicyclic amines) is 1. The largest absolute Gasteiger partial charge is 0.393 e. The van der Waals surface area contributed by atoms with E-state index >= 15 is 0 Å². The first-order valence-electron chi connectivity index (χ1n) is 7.09. The first-order valence-corrected chi connectivity index (χ1v) is 7.50. The fraction of sp³-hybridized carbons (Fsp3) is 0.312. The number of carbonyl (C=O) groups excluding carboxylic acids is 1. The number of pyridine rings is 1. The Kier molecular flexibility index (Phi) is 3.84. The Morgan fingerprint density at radius 2 is 1.95 bits per heavy atom. The van der Waals surface area contributed by atoms with Gasteiger partial charge in [-0.3, -0.25) is 9.78 Å². The summed E-state index contributed by atoms with van der Waals surface area (Å²) in [4.78, 5) is 19.4. The Morgan fingerprint density at radius 1 is 1.24 bits per heavy atom. The van der Waals surface area contributed by atoms with Crippen molar-refractivity contribution in [2.24, 2.45) is 11.7 Å². The van der Waals surface area contributed by atoms with Crippen LogP contribution in [-0.4, -0.2) is 33.9 Å². The number of thiocarbonyl (C=S) groups is 1. The number of piperidine rings is 1. The van der Waals surface area contributed by atoms with Crippen LogP contribution in [0.2, 0.25) is 0 Å². The monoisotopic (exact) mass is 299 g/mol. The van der Waals surface area contributed by atoms with E-state index in [1.165, 1.54) is 0 Å². The standard InChI is InChI=1S/C16H17N3OS/c17-15(21)12-6-9-19(10-7-12)16(20)14-13-4-2-1-3-11(13)5-8-18-14/h1-5,8,12H,6-7,9-10H2,(H2,17,21). The zero-order valence-electron chi connectivity index (χ0n) is 11.7. The molecule has 1 aromatic heterocycles. The van der Waals surface area contributed by atoms with Crippen LogP contribution in [0.15, 0.2) is 36.5 Å². The van der Waals surface area contributed by atoms with Gasteiger partial charge in [-0.2, -0.15) is 0 Å². The predicted octanol–water partition coefficient (Wildman–Crippen LogP) is 2.37. The number of nitrogens with zero attached hydrogens (tertiary/aromatic N) is 2. The maximum Gasteiger partial charge on any atom is 0.273 e. The van der Waals surface area contributed by atoms with Gasteiger partial charge in [-0.15, -0.1) is 0 Å². The van der Waals surface area contributed by atoms with Gasteiger partial charge in [0, 0.05) is 30.6 Å². The third kappa shape index (κ3) is 2.74. The molecule has 0 aliphatic carbocycles. The smallest absolute Gasteiger partial charge is 0.273 e. The van der Waals surface area contributed by atoms with E-state index in [1.54, 1.807) is 6.20 Å². The summed E-state index contributed by atoms with van der Waals surface area (Å²) in [6.45, 7) is 1.37. The minimum atomic E-state index is -0.00631. The molecular formula is C16H17N3OS. The van der Waals surface area contributed by atoms with Crippen LogP contribution in [0.3, 0.4) is 0 Å². The Bertz CT molecular complexity index is 687. The summed E-state index contributed by atoms with van der Waals surface area (Å²) in [5.74, 6) is 0.248. The fourth-order valence-corrected chi connectivity index (χ4v) is 3.04. The molecule has 2 aromatic rings. The van der Waals surface area contributed by atoms with E-state index in [2.05, 4.69) is 4.98 Å². The maximum atomic E-state index is 12.7. The minimum absolute atomic E-state index is 0.00631. The summed E-state index contributed by atoms with van der Waals surface area (Å²) in [5.41, 5.74) is 6.22. The lowest BCUT2D eigenvalue weighted by molar-refractivity contribution is 0.0706. The molecule has 108 valence electrons. The zero-order valence-corrected chi connectivity index (χ0v) is 12.5. The van der Waals surface area contributed by atoms with Gasteiger partial charge in [0.25, 0.3) is 5.91 Å². The molecule has 1 aromatic carbocycles. The Balaban J connectivity index is 1.84. The van der Waals surface area contributed by atoms with Gasteiger partial charge in [0.05, 0.1) is 4.99 Å². The Hall–Kier alpha value is -2.01. The van der Waals surface area contributed by atoms with Crippen molar-refractivity contribution in [3.63, 3.8) is 0 Å². The lowest BCUT2D eigenvalue weighted by Crippen LogP contribution is -2.41. The molecule has 1 aliphatic rings. The van der Waals surface area contributed by atoms with Crippen LogP contribution in [-0.2, 0) is 0 Å². The molecule has 1 amide bonds. The Labute approximate surface area is 129 Å². The highest BCUT2D eigenvalue weighted by molar-refractivity contribution is 7.80. The third-order valence-electron chi connectivity index (χ3n) is 4.06.